The Morgan fingerprint density at radius 3 is 2.65 bits per heavy atom. The predicted octanol–water partition coefficient (Wildman–Crippen LogP) is 1.22. The highest BCUT2D eigenvalue weighted by atomic mass is 16.4. The van der Waals surface area contributed by atoms with Gasteiger partial charge in [-0.2, -0.15) is 0 Å². The molecule has 6 nitrogen and oxygen atoms in total. The lowest BCUT2D eigenvalue weighted by Gasteiger charge is -2.36. The molecule has 0 bridgehead atoms. The molecule has 0 aromatic rings. The Morgan fingerprint density at radius 2 is 2.10 bits per heavy atom. The van der Waals surface area contributed by atoms with E-state index in [1.165, 1.54) is 4.90 Å². The molecule has 0 radical (unpaired) electrons. The van der Waals surface area contributed by atoms with Crippen LogP contribution in [0, 0.1) is 5.92 Å². The average Bonchev–Trinajstić information content (AvgIpc) is 2.45. The number of piperidine rings is 1. The maximum atomic E-state index is 12.1. The second kappa shape index (κ2) is 8.09. The van der Waals surface area contributed by atoms with Gasteiger partial charge < -0.3 is 20.2 Å². The molecule has 0 aliphatic carbocycles. The van der Waals surface area contributed by atoms with E-state index in [1.54, 1.807) is 0 Å². The molecule has 6 heteroatoms. The second-order valence-electron chi connectivity index (χ2n) is 5.47. The zero-order chi connectivity index (χ0) is 15.1. The van der Waals surface area contributed by atoms with Crippen LogP contribution < -0.4 is 5.32 Å². The van der Waals surface area contributed by atoms with Gasteiger partial charge in [-0.05, 0) is 32.4 Å². The van der Waals surface area contributed by atoms with Crippen molar-refractivity contribution in [3.8, 4) is 0 Å². The summed E-state index contributed by atoms with van der Waals surface area (Å²) in [6, 6.07) is -0.936. The van der Waals surface area contributed by atoms with Crippen LogP contribution in [-0.2, 0) is 4.79 Å². The first-order chi connectivity index (χ1) is 9.49. The van der Waals surface area contributed by atoms with E-state index >= 15 is 0 Å². The topological polar surface area (TPSA) is 72.9 Å². The average molecular weight is 285 g/mol. The highest BCUT2D eigenvalue weighted by molar-refractivity contribution is 5.82. The number of carbonyl (C=O) groups excluding carboxylic acids is 1. The fourth-order valence-corrected chi connectivity index (χ4v) is 2.50. The fourth-order valence-electron chi connectivity index (χ4n) is 2.50. The third-order valence-electron chi connectivity index (χ3n) is 4.14. The van der Waals surface area contributed by atoms with E-state index in [1.807, 2.05) is 7.05 Å². The Labute approximate surface area is 121 Å². The molecule has 0 aromatic heterocycles. The van der Waals surface area contributed by atoms with Crippen molar-refractivity contribution >= 4 is 12.0 Å². The van der Waals surface area contributed by atoms with E-state index in [-0.39, 0.29) is 6.03 Å². The molecule has 0 spiro atoms. The molecule has 0 aromatic carbocycles. The molecule has 1 aliphatic heterocycles. The zero-order valence-corrected chi connectivity index (χ0v) is 12.8. The number of carbonyl (C=O) groups is 2. The van der Waals surface area contributed by atoms with Gasteiger partial charge in [0, 0.05) is 19.6 Å². The number of nitrogens with zero attached hydrogens (tertiary/aromatic N) is 2. The zero-order valence-electron chi connectivity index (χ0n) is 12.8. The monoisotopic (exact) mass is 285 g/mol. The number of amides is 2. The van der Waals surface area contributed by atoms with Gasteiger partial charge in [0.15, 0.2) is 0 Å². The fraction of sp³-hybridized carbons (Fsp3) is 0.857. The van der Waals surface area contributed by atoms with Crippen LogP contribution in [0.25, 0.3) is 0 Å². The van der Waals surface area contributed by atoms with Crippen molar-refractivity contribution in [2.75, 3.05) is 33.2 Å². The molecular weight excluding hydrogens is 258 g/mol. The van der Waals surface area contributed by atoms with Gasteiger partial charge in [-0.1, -0.05) is 20.3 Å². The first-order valence-electron chi connectivity index (χ1n) is 7.45. The molecule has 1 heterocycles. The number of rotatable bonds is 6. The Hall–Kier alpha value is -1.30. The van der Waals surface area contributed by atoms with Crippen LogP contribution in [0.1, 0.15) is 33.1 Å². The lowest BCUT2D eigenvalue weighted by atomic mass is 9.89. The number of likely N-dealkylation sites (tertiary alicyclic amines) is 1. The normalized spacial score (nSPS) is 22.9. The number of hydrogen-bond acceptors (Lipinski definition) is 3. The van der Waals surface area contributed by atoms with Crippen molar-refractivity contribution in [1.29, 1.82) is 0 Å². The summed E-state index contributed by atoms with van der Waals surface area (Å²) in [5, 5.41) is 12.1. The van der Waals surface area contributed by atoms with E-state index < -0.39 is 12.0 Å². The molecule has 2 unspecified atom stereocenters. The molecular formula is C14H27N3O3. The second-order valence-corrected chi connectivity index (χ2v) is 5.47. The van der Waals surface area contributed by atoms with Crippen LogP contribution in [0.2, 0.25) is 0 Å². The lowest BCUT2D eigenvalue weighted by molar-refractivity contribution is -0.144. The first-order valence-corrected chi connectivity index (χ1v) is 7.45. The molecule has 2 atom stereocenters. The number of aliphatic carboxylic acids is 1. The van der Waals surface area contributed by atoms with Crippen LogP contribution in [0.5, 0.6) is 0 Å². The lowest BCUT2D eigenvalue weighted by Crippen LogP contribution is -2.54. The van der Waals surface area contributed by atoms with Gasteiger partial charge in [0.25, 0.3) is 0 Å². The van der Waals surface area contributed by atoms with Gasteiger partial charge in [0.05, 0.1) is 0 Å². The Balaban J connectivity index is 2.50. The van der Waals surface area contributed by atoms with Crippen molar-refractivity contribution in [2.45, 2.75) is 39.2 Å². The van der Waals surface area contributed by atoms with Gasteiger partial charge in [-0.25, -0.2) is 9.59 Å². The minimum atomic E-state index is -0.899. The van der Waals surface area contributed by atoms with E-state index in [9.17, 15) is 14.7 Å². The summed E-state index contributed by atoms with van der Waals surface area (Å²) in [7, 11) is 1.99. The van der Waals surface area contributed by atoms with Crippen LogP contribution >= 0.6 is 0 Å². The van der Waals surface area contributed by atoms with Crippen molar-refractivity contribution in [3.63, 3.8) is 0 Å². The van der Waals surface area contributed by atoms with Gasteiger partial charge in [0.1, 0.15) is 6.04 Å². The number of likely N-dealkylation sites (N-methyl/N-ethyl adjacent to an activating group) is 1. The maximum Gasteiger partial charge on any atom is 0.326 e. The van der Waals surface area contributed by atoms with E-state index in [0.29, 0.717) is 25.4 Å². The molecule has 20 heavy (non-hydrogen) atoms. The van der Waals surface area contributed by atoms with Gasteiger partial charge in [0.2, 0.25) is 0 Å². The van der Waals surface area contributed by atoms with Crippen LogP contribution in [0.3, 0.4) is 0 Å². The molecule has 1 fully saturated rings. The van der Waals surface area contributed by atoms with E-state index in [4.69, 9.17) is 0 Å². The quantitative estimate of drug-likeness (QED) is 0.769. The molecule has 1 rings (SSSR count). The number of urea groups is 1. The molecule has 0 saturated carbocycles. The molecule has 1 saturated heterocycles. The van der Waals surface area contributed by atoms with Gasteiger partial charge in [-0.3, -0.25) is 0 Å². The standard InChI is InChI=1S/C14H27N3O3/c1-4-11-6-8-17(12(10-11)13(18)19)14(20)15-7-9-16(3)5-2/h11-12H,4-10H2,1-3H3,(H,15,20)(H,18,19). The Morgan fingerprint density at radius 1 is 1.40 bits per heavy atom. The first kappa shape index (κ1) is 16.8. The number of carboxylic acids is 1. The molecule has 1 aliphatic rings. The van der Waals surface area contributed by atoms with Crippen LogP contribution in [0.15, 0.2) is 0 Å². The van der Waals surface area contributed by atoms with E-state index in [0.717, 1.165) is 25.9 Å². The van der Waals surface area contributed by atoms with Gasteiger partial charge in [-0.15, -0.1) is 0 Å². The third-order valence-corrected chi connectivity index (χ3v) is 4.14. The number of hydrogen-bond donors (Lipinski definition) is 2. The predicted molar refractivity (Wildman–Crippen MR) is 77.7 cm³/mol. The van der Waals surface area contributed by atoms with Crippen molar-refractivity contribution in [1.82, 2.24) is 15.1 Å². The smallest absolute Gasteiger partial charge is 0.326 e. The maximum absolute atomic E-state index is 12.1. The SMILES string of the molecule is CCC1CCN(C(=O)NCCN(C)CC)C(C(=O)O)C1. The van der Waals surface area contributed by atoms with E-state index in [2.05, 4.69) is 24.1 Å². The summed E-state index contributed by atoms with van der Waals surface area (Å²) in [6.07, 6.45) is 2.43. The highest BCUT2D eigenvalue weighted by Crippen LogP contribution is 2.25. The molecule has 2 amide bonds. The minimum Gasteiger partial charge on any atom is -0.480 e. The summed E-state index contributed by atoms with van der Waals surface area (Å²) in [6.45, 7) is 6.90. The molecule has 116 valence electrons. The highest BCUT2D eigenvalue weighted by Gasteiger charge is 2.35. The summed E-state index contributed by atoms with van der Waals surface area (Å²) in [5.41, 5.74) is 0. The summed E-state index contributed by atoms with van der Waals surface area (Å²) in [5.74, 6) is -0.490. The van der Waals surface area contributed by atoms with Crippen molar-refractivity contribution < 1.29 is 14.7 Å². The summed E-state index contributed by atoms with van der Waals surface area (Å²) < 4.78 is 0. The number of nitrogens with one attached hydrogen (secondary N) is 1. The molecule has 2 N–H and O–H groups in total. The number of carboxylic acid groups (broad SMARTS) is 1. The largest absolute Gasteiger partial charge is 0.480 e. The minimum absolute atomic E-state index is 0.253. The van der Waals surface area contributed by atoms with Crippen molar-refractivity contribution in [2.24, 2.45) is 5.92 Å². The third kappa shape index (κ3) is 4.67. The van der Waals surface area contributed by atoms with Gasteiger partial charge >= 0.3 is 12.0 Å². The summed E-state index contributed by atoms with van der Waals surface area (Å²) in [4.78, 5) is 27.0. The van der Waals surface area contributed by atoms with Crippen molar-refractivity contribution in [3.05, 3.63) is 0 Å². The summed E-state index contributed by atoms with van der Waals surface area (Å²) >= 11 is 0. The van der Waals surface area contributed by atoms with Crippen LogP contribution in [-0.4, -0.2) is 66.2 Å². The van der Waals surface area contributed by atoms with Crippen LogP contribution in [0.4, 0.5) is 4.79 Å². The Kier molecular flexibility index (Phi) is 6.78. The Bertz CT molecular complexity index is 336.